The first-order chi connectivity index (χ1) is 8.65. The molecule has 0 N–H and O–H groups in total. The van der Waals surface area contributed by atoms with Crippen LogP contribution in [0, 0.1) is 6.92 Å². The van der Waals surface area contributed by atoms with Crippen LogP contribution in [0.2, 0.25) is 0 Å². The maximum absolute atomic E-state index is 10.9. The van der Waals surface area contributed by atoms with Gasteiger partial charge < -0.3 is 4.79 Å². The molecule has 2 rings (SSSR count). The Morgan fingerprint density at radius 3 is 2.33 bits per heavy atom. The molecule has 0 saturated heterocycles. The molecule has 0 heterocycles. The van der Waals surface area contributed by atoms with Crippen LogP contribution in [-0.2, 0) is 11.2 Å². The van der Waals surface area contributed by atoms with Crippen LogP contribution < -0.4 is 0 Å². The van der Waals surface area contributed by atoms with Gasteiger partial charge in [-0.1, -0.05) is 54.1 Å². The summed E-state index contributed by atoms with van der Waals surface area (Å²) in [7, 11) is 0. The average Bonchev–Trinajstić information content (AvgIpc) is 2.37. The second-order valence-electron chi connectivity index (χ2n) is 4.77. The monoisotopic (exact) mass is 238 g/mol. The molecule has 0 spiro atoms. The molecule has 1 heteroatoms. The van der Waals surface area contributed by atoms with Crippen LogP contribution in [0.1, 0.15) is 24.5 Å². The van der Waals surface area contributed by atoms with Crippen LogP contribution in [0.3, 0.4) is 0 Å². The molecule has 2 aromatic carbocycles. The zero-order valence-electron chi connectivity index (χ0n) is 10.9. The molecular formula is C17H18O. The lowest BCUT2D eigenvalue weighted by molar-refractivity contribution is -0.116. The van der Waals surface area contributed by atoms with E-state index in [0.29, 0.717) is 6.42 Å². The first-order valence-corrected chi connectivity index (χ1v) is 6.30. The molecule has 0 radical (unpaired) electrons. The molecule has 0 saturated carbocycles. The highest BCUT2D eigenvalue weighted by Gasteiger charge is 2.00. The summed E-state index contributed by atoms with van der Waals surface area (Å²) >= 11 is 0. The molecule has 1 nitrogen and oxygen atoms in total. The van der Waals surface area contributed by atoms with E-state index in [9.17, 15) is 4.79 Å². The van der Waals surface area contributed by atoms with Crippen molar-refractivity contribution in [3.8, 4) is 11.1 Å². The van der Waals surface area contributed by atoms with Gasteiger partial charge in [0.15, 0.2) is 0 Å². The number of hydrogen-bond acceptors (Lipinski definition) is 1. The van der Waals surface area contributed by atoms with Gasteiger partial charge in [0.1, 0.15) is 5.78 Å². The van der Waals surface area contributed by atoms with Crippen LogP contribution in [0.5, 0.6) is 0 Å². The summed E-state index contributed by atoms with van der Waals surface area (Å²) in [6.45, 7) is 3.74. The normalized spacial score (nSPS) is 10.3. The molecular weight excluding hydrogens is 220 g/mol. The first-order valence-electron chi connectivity index (χ1n) is 6.30. The number of carbonyl (C=O) groups excluding carboxylic acids is 1. The van der Waals surface area contributed by atoms with Crippen LogP contribution in [0.4, 0.5) is 0 Å². The van der Waals surface area contributed by atoms with Crippen molar-refractivity contribution in [2.75, 3.05) is 0 Å². The summed E-state index contributed by atoms with van der Waals surface area (Å²) in [6, 6.07) is 17.0. The van der Waals surface area contributed by atoms with E-state index >= 15 is 0 Å². The fourth-order valence-corrected chi connectivity index (χ4v) is 2.01. The van der Waals surface area contributed by atoms with Gasteiger partial charge >= 0.3 is 0 Å². The Kier molecular flexibility index (Phi) is 3.93. The Morgan fingerprint density at radius 2 is 1.72 bits per heavy atom. The molecule has 92 valence electrons. The number of carbonyl (C=O) groups is 1. The van der Waals surface area contributed by atoms with Crippen LogP contribution in [0.15, 0.2) is 48.5 Å². The largest absolute Gasteiger partial charge is 0.300 e. The summed E-state index contributed by atoms with van der Waals surface area (Å²) in [5, 5.41) is 0. The van der Waals surface area contributed by atoms with E-state index in [1.807, 2.05) is 0 Å². The highest BCUT2D eigenvalue weighted by molar-refractivity contribution is 5.75. The van der Waals surface area contributed by atoms with Gasteiger partial charge in [0.2, 0.25) is 0 Å². The van der Waals surface area contributed by atoms with Gasteiger partial charge in [-0.05, 0) is 37.0 Å². The fourth-order valence-electron chi connectivity index (χ4n) is 2.01. The van der Waals surface area contributed by atoms with E-state index in [2.05, 4.69) is 55.5 Å². The van der Waals surface area contributed by atoms with E-state index in [1.165, 1.54) is 22.3 Å². The number of rotatable bonds is 4. The van der Waals surface area contributed by atoms with E-state index in [1.54, 1.807) is 6.92 Å². The lowest BCUT2D eigenvalue weighted by Gasteiger charge is -2.05. The van der Waals surface area contributed by atoms with Gasteiger partial charge in [-0.25, -0.2) is 0 Å². The number of hydrogen-bond donors (Lipinski definition) is 0. The summed E-state index contributed by atoms with van der Waals surface area (Å²) in [5.41, 5.74) is 4.97. The third-order valence-corrected chi connectivity index (χ3v) is 3.07. The summed E-state index contributed by atoms with van der Waals surface area (Å²) in [4.78, 5) is 10.9. The molecule has 2 aromatic rings. The number of aryl methyl sites for hydroxylation is 2. The zero-order chi connectivity index (χ0) is 13.0. The van der Waals surface area contributed by atoms with Crippen molar-refractivity contribution in [3.63, 3.8) is 0 Å². The van der Waals surface area contributed by atoms with Crippen molar-refractivity contribution in [1.29, 1.82) is 0 Å². The predicted molar refractivity (Wildman–Crippen MR) is 75.6 cm³/mol. The first kappa shape index (κ1) is 12.6. The highest BCUT2D eigenvalue weighted by Crippen LogP contribution is 2.21. The number of ketones is 1. The molecule has 0 aliphatic carbocycles. The predicted octanol–water partition coefficient (Wildman–Crippen LogP) is 4.18. The molecule has 0 fully saturated rings. The zero-order valence-corrected chi connectivity index (χ0v) is 10.9. The van der Waals surface area contributed by atoms with Crippen LogP contribution in [-0.4, -0.2) is 5.78 Å². The Hall–Kier alpha value is -1.89. The maximum atomic E-state index is 10.9. The minimum atomic E-state index is 0.248. The van der Waals surface area contributed by atoms with Crippen molar-refractivity contribution in [2.24, 2.45) is 0 Å². The van der Waals surface area contributed by atoms with Crippen LogP contribution in [0.25, 0.3) is 11.1 Å². The molecule has 0 aliphatic heterocycles. The van der Waals surface area contributed by atoms with E-state index < -0.39 is 0 Å². The minimum Gasteiger partial charge on any atom is -0.300 e. The Labute approximate surface area is 108 Å². The van der Waals surface area contributed by atoms with Crippen LogP contribution >= 0.6 is 0 Å². The smallest absolute Gasteiger partial charge is 0.130 e. The maximum Gasteiger partial charge on any atom is 0.130 e. The second-order valence-corrected chi connectivity index (χ2v) is 4.77. The number of benzene rings is 2. The van der Waals surface area contributed by atoms with E-state index in [4.69, 9.17) is 0 Å². The molecule has 0 bridgehead atoms. The van der Waals surface area contributed by atoms with Crippen molar-refractivity contribution in [3.05, 3.63) is 59.7 Å². The van der Waals surface area contributed by atoms with Crippen molar-refractivity contribution in [2.45, 2.75) is 26.7 Å². The lowest BCUT2D eigenvalue weighted by Crippen LogP contribution is -1.93. The van der Waals surface area contributed by atoms with Gasteiger partial charge in [0.05, 0.1) is 0 Å². The Balaban J connectivity index is 2.14. The SMILES string of the molecule is CC(=O)CCc1ccc(-c2cccc(C)c2)cc1. The van der Waals surface area contributed by atoms with Gasteiger partial charge in [0, 0.05) is 6.42 Å². The second kappa shape index (κ2) is 5.63. The average molecular weight is 238 g/mol. The quantitative estimate of drug-likeness (QED) is 0.780. The number of Topliss-reactive ketones (excluding diaryl/α,β-unsaturated/α-hetero) is 1. The van der Waals surface area contributed by atoms with E-state index in [-0.39, 0.29) is 5.78 Å². The molecule has 0 aromatic heterocycles. The topological polar surface area (TPSA) is 17.1 Å². The van der Waals surface area contributed by atoms with Gasteiger partial charge in [-0.15, -0.1) is 0 Å². The molecule has 0 unspecified atom stereocenters. The Bertz CT molecular complexity index is 538. The lowest BCUT2D eigenvalue weighted by atomic mass is 10.0. The van der Waals surface area contributed by atoms with Crippen molar-refractivity contribution >= 4 is 5.78 Å². The molecule has 0 aliphatic rings. The summed E-state index contributed by atoms with van der Waals surface area (Å²) < 4.78 is 0. The van der Waals surface area contributed by atoms with Crippen molar-refractivity contribution < 1.29 is 4.79 Å². The minimum absolute atomic E-state index is 0.248. The van der Waals surface area contributed by atoms with Crippen molar-refractivity contribution in [1.82, 2.24) is 0 Å². The van der Waals surface area contributed by atoms with Gasteiger partial charge in [-0.3, -0.25) is 0 Å². The third kappa shape index (κ3) is 3.30. The highest BCUT2D eigenvalue weighted by atomic mass is 16.1. The van der Waals surface area contributed by atoms with Gasteiger partial charge in [-0.2, -0.15) is 0 Å². The Morgan fingerprint density at radius 1 is 1.00 bits per heavy atom. The molecule has 0 atom stereocenters. The van der Waals surface area contributed by atoms with Gasteiger partial charge in [0.25, 0.3) is 0 Å². The summed E-state index contributed by atoms with van der Waals surface area (Å²) in [5.74, 6) is 0.248. The standard InChI is InChI=1S/C17H18O/c1-13-4-3-5-17(12-13)16-10-8-15(9-11-16)7-6-14(2)18/h3-5,8-12H,6-7H2,1-2H3. The summed E-state index contributed by atoms with van der Waals surface area (Å²) in [6.07, 6.45) is 1.47. The van der Waals surface area contributed by atoms with E-state index in [0.717, 1.165) is 6.42 Å². The third-order valence-electron chi connectivity index (χ3n) is 3.07. The fraction of sp³-hybridized carbons (Fsp3) is 0.235. The molecule has 18 heavy (non-hydrogen) atoms. The molecule has 0 amide bonds.